The van der Waals surface area contributed by atoms with Gasteiger partial charge in [-0.15, -0.1) is 11.3 Å². The van der Waals surface area contributed by atoms with E-state index in [1.165, 1.54) is 2.88 Å². The first kappa shape index (κ1) is 13.3. The molecule has 2 aromatic rings. The summed E-state index contributed by atoms with van der Waals surface area (Å²) in [6.07, 6.45) is 0. The summed E-state index contributed by atoms with van der Waals surface area (Å²) < 4.78 is 7.60. The Hall–Kier alpha value is -0.110. The largest absolute Gasteiger partial charge is 0.496 e. The summed E-state index contributed by atoms with van der Waals surface area (Å²) in [5.41, 5.74) is 8.39. The van der Waals surface area contributed by atoms with E-state index in [1.807, 2.05) is 18.2 Å². The van der Waals surface area contributed by atoms with E-state index in [-0.39, 0.29) is 6.04 Å². The molecule has 0 amide bonds. The number of benzene rings is 1. The third-order valence-corrected chi connectivity index (χ3v) is 4.77. The summed E-state index contributed by atoms with van der Waals surface area (Å²) in [5, 5.41) is 2.09. The SMILES string of the molecule is COc1ccc(Br)cc1C(N)c1csc(I)c1. The molecule has 90 valence electrons. The number of hydrogen-bond donors (Lipinski definition) is 1. The summed E-state index contributed by atoms with van der Waals surface area (Å²) in [7, 11) is 1.66. The summed E-state index contributed by atoms with van der Waals surface area (Å²) in [6, 6.07) is 7.84. The molecule has 1 unspecified atom stereocenters. The fraction of sp³-hybridized carbons (Fsp3) is 0.167. The molecule has 2 rings (SSSR count). The predicted octanol–water partition coefficient (Wildman–Crippen LogP) is 4.17. The predicted molar refractivity (Wildman–Crippen MR) is 83.8 cm³/mol. The summed E-state index contributed by atoms with van der Waals surface area (Å²) in [5.74, 6) is 0.821. The molecular weight excluding hydrogens is 413 g/mol. The van der Waals surface area contributed by atoms with Crippen molar-refractivity contribution in [1.82, 2.24) is 0 Å². The molecule has 0 aliphatic rings. The van der Waals surface area contributed by atoms with Crippen molar-refractivity contribution in [2.75, 3.05) is 7.11 Å². The van der Waals surface area contributed by atoms with Gasteiger partial charge in [0, 0.05) is 10.0 Å². The monoisotopic (exact) mass is 423 g/mol. The molecule has 0 spiro atoms. The van der Waals surface area contributed by atoms with Crippen LogP contribution in [0.15, 0.2) is 34.1 Å². The molecule has 1 aromatic carbocycles. The number of methoxy groups -OCH3 is 1. The zero-order chi connectivity index (χ0) is 12.4. The fourth-order valence-corrected chi connectivity index (χ4v) is 3.40. The maximum Gasteiger partial charge on any atom is 0.124 e. The number of thiophene rings is 1. The second-order valence-corrected chi connectivity index (χ2v) is 7.27. The highest BCUT2D eigenvalue weighted by atomic mass is 127. The van der Waals surface area contributed by atoms with Crippen molar-refractivity contribution in [3.05, 3.63) is 48.1 Å². The molecule has 0 saturated heterocycles. The number of rotatable bonds is 3. The quantitative estimate of drug-likeness (QED) is 0.752. The van der Waals surface area contributed by atoms with Crippen LogP contribution >= 0.6 is 49.9 Å². The van der Waals surface area contributed by atoms with Crippen LogP contribution in [0.2, 0.25) is 0 Å². The van der Waals surface area contributed by atoms with Gasteiger partial charge >= 0.3 is 0 Å². The molecule has 0 radical (unpaired) electrons. The third-order valence-electron chi connectivity index (χ3n) is 2.47. The summed E-state index contributed by atoms with van der Waals surface area (Å²) in [6.45, 7) is 0. The van der Waals surface area contributed by atoms with E-state index in [0.29, 0.717) is 0 Å². The van der Waals surface area contributed by atoms with Crippen molar-refractivity contribution in [3.63, 3.8) is 0 Å². The van der Waals surface area contributed by atoms with Crippen LogP contribution in [0.5, 0.6) is 5.75 Å². The van der Waals surface area contributed by atoms with Gasteiger partial charge < -0.3 is 10.5 Å². The molecular formula is C12H11BrINOS. The molecule has 1 atom stereocenters. The number of halogens is 2. The van der Waals surface area contributed by atoms with Crippen LogP contribution < -0.4 is 10.5 Å². The van der Waals surface area contributed by atoms with Crippen molar-refractivity contribution in [2.24, 2.45) is 5.73 Å². The van der Waals surface area contributed by atoms with Gasteiger partial charge in [0.05, 0.1) is 16.0 Å². The molecule has 0 aliphatic heterocycles. The van der Waals surface area contributed by atoms with Gasteiger partial charge in [0.15, 0.2) is 0 Å². The first-order valence-corrected chi connectivity index (χ1v) is 7.70. The molecule has 2 N–H and O–H groups in total. The highest BCUT2D eigenvalue weighted by molar-refractivity contribution is 14.1. The van der Waals surface area contributed by atoms with Gasteiger partial charge in [0.25, 0.3) is 0 Å². The Morgan fingerprint density at radius 2 is 2.18 bits per heavy atom. The van der Waals surface area contributed by atoms with Crippen LogP contribution in [0.25, 0.3) is 0 Å². The average Bonchev–Trinajstić information content (AvgIpc) is 2.75. The Bertz CT molecular complexity index is 529. The first-order valence-electron chi connectivity index (χ1n) is 4.94. The molecule has 17 heavy (non-hydrogen) atoms. The van der Waals surface area contributed by atoms with E-state index < -0.39 is 0 Å². The Kier molecular flexibility index (Phi) is 4.46. The molecule has 0 aliphatic carbocycles. The van der Waals surface area contributed by atoms with E-state index in [2.05, 4.69) is 50.0 Å². The van der Waals surface area contributed by atoms with Crippen LogP contribution in [0.4, 0.5) is 0 Å². The Balaban J connectivity index is 2.42. The van der Waals surface area contributed by atoms with Crippen LogP contribution in [-0.2, 0) is 0 Å². The highest BCUT2D eigenvalue weighted by Crippen LogP contribution is 2.32. The number of ether oxygens (including phenoxy) is 1. The van der Waals surface area contributed by atoms with E-state index in [4.69, 9.17) is 10.5 Å². The van der Waals surface area contributed by atoms with Gasteiger partial charge in [0.1, 0.15) is 5.75 Å². The van der Waals surface area contributed by atoms with Gasteiger partial charge in [-0.05, 0) is 57.8 Å². The Morgan fingerprint density at radius 3 is 2.76 bits per heavy atom. The average molecular weight is 424 g/mol. The van der Waals surface area contributed by atoms with Gasteiger partial charge in [-0.2, -0.15) is 0 Å². The topological polar surface area (TPSA) is 35.2 Å². The summed E-state index contributed by atoms with van der Waals surface area (Å²) >= 11 is 7.46. The summed E-state index contributed by atoms with van der Waals surface area (Å²) in [4.78, 5) is 0. The molecule has 1 heterocycles. The lowest BCUT2D eigenvalue weighted by molar-refractivity contribution is 0.408. The zero-order valence-electron chi connectivity index (χ0n) is 9.11. The van der Waals surface area contributed by atoms with Crippen molar-refractivity contribution in [2.45, 2.75) is 6.04 Å². The normalized spacial score (nSPS) is 12.5. The second-order valence-electron chi connectivity index (χ2n) is 3.55. The lowest BCUT2D eigenvalue weighted by Crippen LogP contribution is -2.12. The fourth-order valence-electron chi connectivity index (χ4n) is 1.61. The van der Waals surface area contributed by atoms with Crippen molar-refractivity contribution < 1.29 is 4.74 Å². The molecule has 5 heteroatoms. The molecule has 2 nitrogen and oxygen atoms in total. The van der Waals surface area contributed by atoms with Crippen LogP contribution in [0.3, 0.4) is 0 Å². The van der Waals surface area contributed by atoms with Gasteiger partial charge in [-0.25, -0.2) is 0 Å². The maximum atomic E-state index is 6.28. The van der Waals surface area contributed by atoms with Gasteiger partial charge in [-0.3, -0.25) is 0 Å². The smallest absolute Gasteiger partial charge is 0.124 e. The lowest BCUT2D eigenvalue weighted by atomic mass is 10.0. The molecule has 0 fully saturated rings. The minimum Gasteiger partial charge on any atom is -0.496 e. The minimum atomic E-state index is -0.151. The number of nitrogens with two attached hydrogens (primary N) is 1. The first-order chi connectivity index (χ1) is 8.11. The van der Waals surface area contributed by atoms with Crippen molar-refractivity contribution >= 4 is 49.9 Å². The van der Waals surface area contributed by atoms with Crippen molar-refractivity contribution in [1.29, 1.82) is 0 Å². The van der Waals surface area contributed by atoms with E-state index in [9.17, 15) is 0 Å². The van der Waals surface area contributed by atoms with Crippen LogP contribution in [0, 0.1) is 2.88 Å². The van der Waals surface area contributed by atoms with Gasteiger partial charge in [-0.1, -0.05) is 15.9 Å². The molecule has 0 bridgehead atoms. The van der Waals surface area contributed by atoms with Crippen molar-refractivity contribution in [3.8, 4) is 5.75 Å². The standard InChI is InChI=1S/C12H11BrINOS/c1-16-10-3-2-8(13)5-9(10)12(15)7-4-11(14)17-6-7/h2-6,12H,15H2,1H3. The van der Waals surface area contributed by atoms with Gasteiger partial charge in [0.2, 0.25) is 0 Å². The van der Waals surface area contributed by atoms with Crippen LogP contribution in [0.1, 0.15) is 17.2 Å². The second kappa shape index (κ2) is 5.69. The Labute approximate surface area is 126 Å². The van der Waals surface area contributed by atoms with E-state index in [1.54, 1.807) is 18.4 Å². The zero-order valence-corrected chi connectivity index (χ0v) is 13.7. The molecule has 1 aromatic heterocycles. The minimum absolute atomic E-state index is 0.151. The Morgan fingerprint density at radius 1 is 1.41 bits per heavy atom. The van der Waals surface area contributed by atoms with E-state index >= 15 is 0 Å². The highest BCUT2D eigenvalue weighted by Gasteiger charge is 2.15. The lowest BCUT2D eigenvalue weighted by Gasteiger charge is -2.15. The third kappa shape index (κ3) is 3.01. The van der Waals surface area contributed by atoms with E-state index in [0.717, 1.165) is 21.3 Å². The van der Waals surface area contributed by atoms with Crippen LogP contribution in [-0.4, -0.2) is 7.11 Å². The molecule has 0 saturated carbocycles. The maximum absolute atomic E-state index is 6.28. The number of hydrogen-bond acceptors (Lipinski definition) is 3.